The van der Waals surface area contributed by atoms with Gasteiger partial charge in [0.25, 0.3) is 0 Å². The van der Waals surface area contributed by atoms with Gasteiger partial charge in [-0.25, -0.2) is 0 Å². The number of nitrogens with zero attached hydrogens (tertiary/aromatic N) is 1. The van der Waals surface area contributed by atoms with Gasteiger partial charge < -0.3 is 10.2 Å². The standard InChI is InChI=1S/C15H25ClN2/c1-5-15(2,3)17-10-11-18(4)12-13-6-8-14(16)9-7-13/h6-9,17H,5,10-12H2,1-4H3. The summed E-state index contributed by atoms with van der Waals surface area (Å²) in [5.74, 6) is 0. The molecule has 0 bridgehead atoms. The highest BCUT2D eigenvalue weighted by Crippen LogP contribution is 2.11. The first-order chi connectivity index (χ1) is 8.43. The third kappa shape index (κ3) is 5.85. The fourth-order valence-electron chi connectivity index (χ4n) is 1.69. The molecule has 0 saturated carbocycles. The second-order valence-electron chi connectivity index (χ2n) is 5.53. The summed E-state index contributed by atoms with van der Waals surface area (Å²) >= 11 is 5.87. The Bertz CT molecular complexity index is 346. The quantitative estimate of drug-likeness (QED) is 0.814. The molecule has 0 aliphatic heterocycles. The molecular weight excluding hydrogens is 244 g/mol. The van der Waals surface area contributed by atoms with Crippen LogP contribution in [0.1, 0.15) is 32.8 Å². The lowest BCUT2D eigenvalue weighted by Gasteiger charge is -2.26. The molecule has 0 saturated heterocycles. The van der Waals surface area contributed by atoms with E-state index < -0.39 is 0 Å². The van der Waals surface area contributed by atoms with Crippen LogP contribution in [0, 0.1) is 0 Å². The molecule has 0 radical (unpaired) electrons. The Balaban J connectivity index is 2.29. The van der Waals surface area contributed by atoms with Gasteiger partial charge in [0.15, 0.2) is 0 Å². The highest BCUT2D eigenvalue weighted by Gasteiger charge is 2.13. The van der Waals surface area contributed by atoms with E-state index in [1.807, 2.05) is 12.1 Å². The molecule has 1 aromatic rings. The summed E-state index contributed by atoms with van der Waals surface area (Å²) in [6.07, 6.45) is 1.15. The van der Waals surface area contributed by atoms with Crippen molar-refractivity contribution in [2.45, 2.75) is 39.3 Å². The summed E-state index contributed by atoms with van der Waals surface area (Å²) in [7, 11) is 2.15. The van der Waals surface area contributed by atoms with Crippen LogP contribution in [-0.4, -0.2) is 30.6 Å². The van der Waals surface area contributed by atoms with E-state index in [1.54, 1.807) is 0 Å². The molecule has 3 heteroatoms. The van der Waals surface area contributed by atoms with Gasteiger partial charge in [0.05, 0.1) is 0 Å². The van der Waals surface area contributed by atoms with E-state index in [0.29, 0.717) is 0 Å². The molecule has 0 spiro atoms. The summed E-state index contributed by atoms with van der Waals surface area (Å²) in [5.41, 5.74) is 1.54. The van der Waals surface area contributed by atoms with E-state index in [1.165, 1.54) is 5.56 Å². The van der Waals surface area contributed by atoms with Crippen molar-refractivity contribution in [3.63, 3.8) is 0 Å². The van der Waals surface area contributed by atoms with E-state index in [-0.39, 0.29) is 5.54 Å². The summed E-state index contributed by atoms with van der Waals surface area (Å²) in [6, 6.07) is 8.07. The maximum absolute atomic E-state index is 5.87. The number of benzene rings is 1. The number of nitrogens with one attached hydrogen (secondary N) is 1. The molecule has 0 atom stereocenters. The lowest BCUT2D eigenvalue weighted by atomic mass is 10.0. The molecule has 102 valence electrons. The van der Waals surface area contributed by atoms with Gasteiger partial charge in [0, 0.05) is 30.2 Å². The third-order valence-corrected chi connectivity index (χ3v) is 3.60. The Morgan fingerprint density at radius 2 is 1.83 bits per heavy atom. The maximum atomic E-state index is 5.87. The Morgan fingerprint density at radius 3 is 2.39 bits per heavy atom. The van der Waals surface area contributed by atoms with Crippen LogP contribution >= 0.6 is 11.6 Å². The topological polar surface area (TPSA) is 15.3 Å². The molecule has 1 aromatic carbocycles. The number of rotatable bonds is 7. The summed E-state index contributed by atoms with van der Waals surface area (Å²) in [6.45, 7) is 9.73. The predicted molar refractivity (Wildman–Crippen MR) is 80.2 cm³/mol. The number of halogens is 1. The van der Waals surface area contributed by atoms with Crippen molar-refractivity contribution in [2.75, 3.05) is 20.1 Å². The van der Waals surface area contributed by atoms with Crippen LogP contribution in [0.25, 0.3) is 0 Å². The van der Waals surface area contributed by atoms with Crippen LogP contribution in [0.5, 0.6) is 0 Å². The van der Waals surface area contributed by atoms with Gasteiger partial charge >= 0.3 is 0 Å². The molecule has 0 fully saturated rings. The van der Waals surface area contributed by atoms with Crippen LogP contribution in [0.15, 0.2) is 24.3 Å². The molecule has 2 nitrogen and oxygen atoms in total. The highest BCUT2D eigenvalue weighted by molar-refractivity contribution is 6.30. The Hall–Kier alpha value is -0.570. The molecule has 0 aliphatic carbocycles. The smallest absolute Gasteiger partial charge is 0.0406 e. The summed E-state index contributed by atoms with van der Waals surface area (Å²) in [4.78, 5) is 2.32. The lowest BCUT2D eigenvalue weighted by molar-refractivity contribution is 0.293. The zero-order valence-corrected chi connectivity index (χ0v) is 12.7. The van der Waals surface area contributed by atoms with Gasteiger partial charge in [-0.05, 0) is 45.0 Å². The molecule has 0 aliphatic rings. The van der Waals surface area contributed by atoms with E-state index in [4.69, 9.17) is 11.6 Å². The van der Waals surface area contributed by atoms with Crippen molar-refractivity contribution in [1.29, 1.82) is 0 Å². The third-order valence-electron chi connectivity index (χ3n) is 3.35. The molecule has 0 amide bonds. The Labute approximate surface area is 116 Å². The van der Waals surface area contributed by atoms with Crippen molar-refractivity contribution in [2.24, 2.45) is 0 Å². The minimum absolute atomic E-state index is 0.237. The van der Waals surface area contributed by atoms with Gasteiger partial charge in [-0.2, -0.15) is 0 Å². The van der Waals surface area contributed by atoms with Gasteiger partial charge in [-0.1, -0.05) is 30.7 Å². The number of hydrogen-bond donors (Lipinski definition) is 1. The van der Waals surface area contributed by atoms with Crippen LogP contribution in [-0.2, 0) is 6.54 Å². The molecule has 0 unspecified atom stereocenters. The molecule has 0 heterocycles. The van der Waals surface area contributed by atoms with E-state index in [9.17, 15) is 0 Å². The van der Waals surface area contributed by atoms with E-state index in [0.717, 1.165) is 31.1 Å². The normalized spacial score (nSPS) is 12.1. The largest absolute Gasteiger partial charge is 0.311 e. The second-order valence-corrected chi connectivity index (χ2v) is 5.96. The first kappa shape index (κ1) is 15.5. The zero-order valence-electron chi connectivity index (χ0n) is 12.0. The van der Waals surface area contributed by atoms with Crippen LogP contribution in [0.2, 0.25) is 5.02 Å². The van der Waals surface area contributed by atoms with Crippen LogP contribution in [0.3, 0.4) is 0 Å². The van der Waals surface area contributed by atoms with Gasteiger partial charge in [0.1, 0.15) is 0 Å². The van der Waals surface area contributed by atoms with Crippen molar-refractivity contribution < 1.29 is 0 Å². The van der Waals surface area contributed by atoms with Crippen molar-refractivity contribution in [3.8, 4) is 0 Å². The summed E-state index contributed by atoms with van der Waals surface area (Å²) in [5, 5.41) is 4.37. The Morgan fingerprint density at radius 1 is 1.22 bits per heavy atom. The SMILES string of the molecule is CCC(C)(C)NCCN(C)Cc1ccc(Cl)cc1. The minimum atomic E-state index is 0.237. The van der Waals surface area contributed by atoms with Crippen LogP contribution in [0.4, 0.5) is 0 Å². The number of likely N-dealkylation sites (N-methyl/N-ethyl adjacent to an activating group) is 1. The molecule has 1 rings (SSSR count). The molecule has 1 N–H and O–H groups in total. The molecular formula is C15H25ClN2. The predicted octanol–water partition coefficient (Wildman–Crippen LogP) is 3.55. The first-order valence-corrected chi connectivity index (χ1v) is 6.99. The lowest BCUT2D eigenvalue weighted by Crippen LogP contribution is -2.42. The second kappa shape index (κ2) is 7.13. The summed E-state index contributed by atoms with van der Waals surface area (Å²) < 4.78 is 0. The van der Waals surface area contributed by atoms with E-state index >= 15 is 0 Å². The monoisotopic (exact) mass is 268 g/mol. The fourth-order valence-corrected chi connectivity index (χ4v) is 1.82. The van der Waals surface area contributed by atoms with E-state index in [2.05, 4.69) is 50.2 Å². The van der Waals surface area contributed by atoms with Gasteiger partial charge in [0.2, 0.25) is 0 Å². The average Bonchev–Trinajstić information content (AvgIpc) is 2.32. The fraction of sp³-hybridized carbons (Fsp3) is 0.600. The zero-order chi connectivity index (χ0) is 13.6. The van der Waals surface area contributed by atoms with Crippen molar-refractivity contribution in [1.82, 2.24) is 10.2 Å². The van der Waals surface area contributed by atoms with Gasteiger partial charge in [-0.3, -0.25) is 0 Å². The highest BCUT2D eigenvalue weighted by atomic mass is 35.5. The van der Waals surface area contributed by atoms with Crippen molar-refractivity contribution >= 4 is 11.6 Å². The molecule has 0 aromatic heterocycles. The van der Waals surface area contributed by atoms with Gasteiger partial charge in [-0.15, -0.1) is 0 Å². The molecule has 18 heavy (non-hydrogen) atoms. The van der Waals surface area contributed by atoms with Crippen LogP contribution < -0.4 is 5.32 Å². The number of hydrogen-bond acceptors (Lipinski definition) is 2. The maximum Gasteiger partial charge on any atom is 0.0406 e. The average molecular weight is 269 g/mol. The van der Waals surface area contributed by atoms with Crippen molar-refractivity contribution in [3.05, 3.63) is 34.9 Å². The first-order valence-electron chi connectivity index (χ1n) is 6.61. The minimum Gasteiger partial charge on any atom is -0.311 e. The Kier molecular flexibility index (Phi) is 6.13.